The standard InChI is InChI=1S/C28H38N8O5/c1-28(2,3)41-27(39)35-11-8-21(9-12-35)36-25-22(18-30-36)24(34-13-16-40-17-14-34)32-23(33-25)19-4-6-20(7-5-19)31-26(38)29-10-15-37/h4-7,18,21,37H,8-17H2,1-3H3,(H2,29,31,38). The van der Waals surface area contributed by atoms with Crippen molar-refractivity contribution in [2.45, 2.75) is 45.3 Å². The van der Waals surface area contributed by atoms with E-state index in [9.17, 15) is 9.59 Å². The molecule has 2 fully saturated rings. The lowest BCUT2D eigenvalue weighted by Crippen LogP contribution is -2.42. The molecule has 13 heteroatoms. The van der Waals surface area contributed by atoms with E-state index in [-0.39, 0.29) is 31.3 Å². The van der Waals surface area contributed by atoms with Gasteiger partial charge in [0.05, 0.1) is 37.4 Å². The van der Waals surface area contributed by atoms with Gasteiger partial charge in [-0.25, -0.2) is 24.2 Å². The van der Waals surface area contributed by atoms with Crippen molar-refractivity contribution in [1.82, 2.24) is 30.0 Å². The first kappa shape index (κ1) is 28.6. The minimum absolute atomic E-state index is 0.0792. The molecule has 4 heterocycles. The summed E-state index contributed by atoms with van der Waals surface area (Å²) in [6.45, 7) is 9.50. The molecule has 5 rings (SSSR count). The Morgan fingerprint density at radius 2 is 1.78 bits per heavy atom. The van der Waals surface area contributed by atoms with E-state index in [4.69, 9.17) is 29.6 Å². The summed E-state index contributed by atoms with van der Waals surface area (Å²) in [4.78, 5) is 38.4. The van der Waals surface area contributed by atoms with E-state index in [2.05, 4.69) is 15.5 Å². The minimum Gasteiger partial charge on any atom is -0.444 e. The Morgan fingerprint density at radius 1 is 1.07 bits per heavy atom. The van der Waals surface area contributed by atoms with Gasteiger partial charge < -0.3 is 35.0 Å². The van der Waals surface area contributed by atoms with Crippen LogP contribution in [0.2, 0.25) is 0 Å². The lowest BCUT2D eigenvalue weighted by molar-refractivity contribution is 0.0186. The Kier molecular flexibility index (Phi) is 8.54. The Labute approximate surface area is 238 Å². The van der Waals surface area contributed by atoms with Gasteiger partial charge in [0, 0.05) is 44.0 Å². The van der Waals surface area contributed by atoms with E-state index in [0.717, 1.165) is 48.3 Å². The lowest BCUT2D eigenvalue weighted by Gasteiger charge is -2.33. The van der Waals surface area contributed by atoms with E-state index < -0.39 is 5.60 Å². The van der Waals surface area contributed by atoms with E-state index in [0.29, 0.717) is 37.8 Å². The molecule has 220 valence electrons. The van der Waals surface area contributed by atoms with Gasteiger partial charge in [0.1, 0.15) is 11.4 Å². The second-order valence-corrected chi connectivity index (χ2v) is 11.2. The number of likely N-dealkylation sites (tertiary alicyclic amines) is 1. The summed E-state index contributed by atoms with van der Waals surface area (Å²) >= 11 is 0. The van der Waals surface area contributed by atoms with Crippen molar-refractivity contribution >= 4 is 34.7 Å². The maximum absolute atomic E-state index is 12.6. The van der Waals surface area contributed by atoms with Crippen molar-refractivity contribution in [3.63, 3.8) is 0 Å². The quantitative estimate of drug-likeness (QED) is 0.410. The van der Waals surface area contributed by atoms with Crippen LogP contribution in [0.1, 0.15) is 39.7 Å². The third-order valence-electron chi connectivity index (χ3n) is 7.00. The number of amides is 3. The SMILES string of the molecule is CC(C)(C)OC(=O)N1CCC(n2ncc3c(N4CCOCC4)nc(-c4ccc(NC(=O)NCCO)cc4)nc32)CC1. The highest BCUT2D eigenvalue weighted by molar-refractivity contribution is 5.90. The van der Waals surface area contributed by atoms with Gasteiger partial charge in [-0.3, -0.25) is 0 Å². The predicted octanol–water partition coefficient (Wildman–Crippen LogP) is 3.02. The highest BCUT2D eigenvalue weighted by atomic mass is 16.6. The molecule has 0 spiro atoms. The number of anilines is 2. The summed E-state index contributed by atoms with van der Waals surface area (Å²) in [5.41, 5.74) is 1.63. The first-order valence-corrected chi connectivity index (χ1v) is 14.0. The van der Waals surface area contributed by atoms with Crippen LogP contribution < -0.4 is 15.5 Å². The van der Waals surface area contributed by atoms with Crippen molar-refractivity contribution in [1.29, 1.82) is 0 Å². The van der Waals surface area contributed by atoms with Gasteiger partial charge in [0.15, 0.2) is 11.5 Å². The number of piperidine rings is 1. The van der Waals surface area contributed by atoms with Crippen LogP contribution in [0.15, 0.2) is 30.5 Å². The van der Waals surface area contributed by atoms with Crippen LogP contribution in [0.5, 0.6) is 0 Å². The topological polar surface area (TPSA) is 147 Å². The summed E-state index contributed by atoms with van der Waals surface area (Å²) in [5, 5.41) is 19.8. The fourth-order valence-electron chi connectivity index (χ4n) is 4.99. The third kappa shape index (κ3) is 6.85. The predicted molar refractivity (Wildman–Crippen MR) is 154 cm³/mol. The molecular weight excluding hydrogens is 528 g/mol. The number of nitrogens with zero attached hydrogens (tertiary/aromatic N) is 6. The molecule has 3 amide bonds. The Bertz CT molecular complexity index is 1360. The summed E-state index contributed by atoms with van der Waals surface area (Å²) in [6.07, 6.45) is 3.02. The van der Waals surface area contributed by atoms with E-state index in [1.54, 1.807) is 17.0 Å². The molecule has 0 bridgehead atoms. The second-order valence-electron chi connectivity index (χ2n) is 11.2. The molecule has 3 aromatic rings. The molecule has 3 N–H and O–H groups in total. The first-order chi connectivity index (χ1) is 19.7. The summed E-state index contributed by atoms with van der Waals surface area (Å²) in [7, 11) is 0. The normalized spacial score (nSPS) is 16.6. The molecule has 2 aliphatic heterocycles. The number of fused-ring (bicyclic) bond motifs is 1. The van der Waals surface area contributed by atoms with Gasteiger partial charge in [-0.2, -0.15) is 5.10 Å². The van der Waals surface area contributed by atoms with Gasteiger partial charge in [0.2, 0.25) is 0 Å². The fraction of sp³-hybridized carbons (Fsp3) is 0.536. The number of ether oxygens (including phenoxy) is 2. The van der Waals surface area contributed by atoms with E-state index in [1.807, 2.05) is 43.8 Å². The average Bonchev–Trinajstić information content (AvgIpc) is 3.40. The highest BCUT2D eigenvalue weighted by Crippen LogP contribution is 2.32. The number of nitrogens with one attached hydrogen (secondary N) is 2. The van der Waals surface area contributed by atoms with Crippen LogP contribution in [0.3, 0.4) is 0 Å². The Morgan fingerprint density at radius 3 is 2.44 bits per heavy atom. The third-order valence-corrected chi connectivity index (χ3v) is 7.00. The molecule has 0 aliphatic carbocycles. The summed E-state index contributed by atoms with van der Waals surface area (Å²) < 4.78 is 13.1. The van der Waals surface area contributed by atoms with Gasteiger partial charge in [-0.1, -0.05) is 0 Å². The molecule has 2 aliphatic rings. The van der Waals surface area contributed by atoms with Crippen molar-refractivity contribution < 1.29 is 24.2 Å². The van der Waals surface area contributed by atoms with E-state index in [1.165, 1.54) is 0 Å². The minimum atomic E-state index is -0.532. The van der Waals surface area contributed by atoms with Crippen LogP contribution in [0, 0.1) is 0 Å². The number of benzene rings is 1. The van der Waals surface area contributed by atoms with Crippen LogP contribution in [0.4, 0.5) is 21.1 Å². The van der Waals surface area contributed by atoms with E-state index >= 15 is 0 Å². The fourth-order valence-corrected chi connectivity index (χ4v) is 4.99. The maximum atomic E-state index is 12.6. The molecular formula is C28H38N8O5. The number of aliphatic hydroxyl groups is 1. The summed E-state index contributed by atoms with van der Waals surface area (Å²) in [6, 6.07) is 7.01. The number of aliphatic hydroxyl groups excluding tert-OH is 1. The summed E-state index contributed by atoms with van der Waals surface area (Å²) in [5.74, 6) is 1.37. The molecule has 0 atom stereocenters. The molecule has 1 aromatic carbocycles. The zero-order valence-corrected chi connectivity index (χ0v) is 23.8. The number of carbonyl (C=O) groups excluding carboxylic acids is 2. The molecule has 2 aromatic heterocycles. The number of urea groups is 1. The van der Waals surface area contributed by atoms with Crippen molar-refractivity contribution in [2.24, 2.45) is 0 Å². The zero-order chi connectivity index (χ0) is 29.0. The van der Waals surface area contributed by atoms with Crippen LogP contribution >= 0.6 is 0 Å². The number of morpholine rings is 1. The maximum Gasteiger partial charge on any atom is 0.410 e. The lowest BCUT2D eigenvalue weighted by atomic mass is 10.1. The van der Waals surface area contributed by atoms with Crippen LogP contribution in [-0.4, -0.2) is 100 Å². The molecule has 0 saturated carbocycles. The number of hydrogen-bond acceptors (Lipinski definition) is 9. The monoisotopic (exact) mass is 566 g/mol. The Hall–Kier alpha value is -3.97. The van der Waals surface area contributed by atoms with Crippen molar-refractivity contribution in [3.8, 4) is 11.4 Å². The zero-order valence-electron chi connectivity index (χ0n) is 23.8. The largest absolute Gasteiger partial charge is 0.444 e. The van der Waals surface area contributed by atoms with Gasteiger partial charge in [-0.15, -0.1) is 0 Å². The molecule has 0 radical (unpaired) electrons. The van der Waals surface area contributed by atoms with Crippen LogP contribution in [0.25, 0.3) is 22.4 Å². The smallest absolute Gasteiger partial charge is 0.410 e. The molecule has 0 unspecified atom stereocenters. The number of rotatable bonds is 6. The number of aromatic nitrogens is 4. The van der Waals surface area contributed by atoms with Gasteiger partial charge in [-0.05, 0) is 57.9 Å². The molecule has 41 heavy (non-hydrogen) atoms. The number of carbonyl (C=O) groups is 2. The van der Waals surface area contributed by atoms with Crippen molar-refractivity contribution in [2.75, 3.05) is 62.8 Å². The molecule has 13 nitrogen and oxygen atoms in total. The second kappa shape index (κ2) is 12.3. The van der Waals surface area contributed by atoms with Crippen molar-refractivity contribution in [3.05, 3.63) is 30.5 Å². The van der Waals surface area contributed by atoms with Gasteiger partial charge in [0.25, 0.3) is 0 Å². The first-order valence-electron chi connectivity index (χ1n) is 14.0. The highest BCUT2D eigenvalue weighted by Gasteiger charge is 2.30. The average molecular weight is 567 g/mol. The van der Waals surface area contributed by atoms with Crippen LogP contribution in [-0.2, 0) is 9.47 Å². The molecule has 2 saturated heterocycles. The van der Waals surface area contributed by atoms with Gasteiger partial charge >= 0.3 is 12.1 Å². The Balaban J connectivity index is 1.41. The number of hydrogen-bond donors (Lipinski definition) is 3.